The molecule has 2 fully saturated rings. The van der Waals surface area contributed by atoms with Crippen LogP contribution in [0.4, 0.5) is 23.2 Å². The molecule has 0 spiro atoms. The number of aliphatic hydroxyl groups excluding tert-OH is 1. The fourth-order valence-electron chi connectivity index (χ4n) is 6.64. The van der Waals surface area contributed by atoms with Crippen molar-refractivity contribution in [2.75, 3.05) is 18.5 Å². The maximum absolute atomic E-state index is 14.2. The SMILES string of the molecule is CCOC(=O)[C@H]1C[C@H]1CC/C=C/CCC[C@H](Nc1ccc(C(F)(F)F)cc1)C(=O)N1CC(OC(O)=[N+]2Cc3cccc(F)c3C2)C[C@H]1C(N)=O. The van der Waals surface area contributed by atoms with Gasteiger partial charge in [0.05, 0.1) is 30.2 Å². The van der Waals surface area contributed by atoms with E-state index >= 15 is 0 Å². The number of nitrogens with zero attached hydrogens (tertiary/aromatic N) is 2. The first-order chi connectivity index (χ1) is 23.8. The van der Waals surface area contributed by atoms with Crippen LogP contribution in [-0.4, -0.2) is 69.8 Å². The molecule has 5 atom stereocenters. The molecule has 1 saturated carbocycles. The van der Waals surface area contributed by atoms with E-state index in [-0.39, 0.29) is 37.9 Å². The molecule has 2 amide bonds. The van der Waals surface area contributed by atoms with Gasteiger partial charge in [0.2, 0.25) is 11.8 Å². The highest BCUT2D eigenvalue weighted by Crippen LogP contribution is 2.43. The van der Waals surface area contributed by atoms with Crippen LogP contribution in [0.15, 0.2) is 54.6 Å². The lowest BCUT2D eigenvalue weighted by Crippen LogP contribution is -2.49. The molecule has 2 aliphatic heterocycles. The standard InChI is InChI=1S/C36H42F4N4O6/c1-2-49-34(47)27-17-22(27)9-6-4-3-5-7-12-30(42-25-15-13-24(14-16-25)36(38,39)40)33(46)44-20-26(18-31(44)32(41)45)50-35(48)43-19-23-10-8-11-29(37)28(23)21-43/h3-4,8,10-11,13-16,22,26-27,30-31,42H,2,5-7,9,12,17-21H2,1H3,(H2,41,45)/p+1/b4-3+/t22-,26?,27+,30+,31+/m1/s1. The second-order valence-corrected chi connectivity index (χ2v) is 13.0. The van der Waals surface area contributed by atoms with Crippen LogP contribution >= 0.6 is 0 Å². The van der Waals surface area contributed by atoms with Crippen LogP contribution in [0, 0.1) is 17.7 Å². The molecule has 0 radical (unpaired) electrons. The van der Waals surface area contributed by atoms with E-state index < -0.39 is 53.6 Å². The molecule has 1 saturated heterocycles. The number of ether oxygens (including phenoxy) is 2. The van der Waals surface area contributed by atoms with Gasteiger partial charge in [0.1, 0.15) is 24.0 Å². The van der Waals surface area contributed by atoms with Crippen molar-refractivity contribution in [3.8, 4) is 0 Å². The number of hydrogen-bond donors (Lipinski definition) is 3. The number of unbranched alkanes of at least 4 members (excludes halogenated alkanes) is 1. The molecule has 10 nitrogen and oxygen atoms in total. The van der Waals surface area contributed by atoms with Crippen LogP contribution < -0.4 is 11.1 Å². The summed E-state index contributed by atoms with van der Waals surface area (Å²) in [5.74, 6) is -1.48. The molecule has 0 bridgehead atoms. The van der Waals surface area contributed by atoms with E-state index in [1.807, 2.05) is 12.2 Å². The number of allylic oxidation sites excluding steroid dienone is 2. The van der Waals surface area contributed by atoms with E-state index in [1.165, 1.54) is 27.7 Å². The first-order valence-electron chi connectivity index (χ1n) is 16.9. The molecule has 50 heavy (non-hydrogen) atoms. The zero-order chi connectivity index (χ0) is 36.0. The van der Waals surface area contributed by atoms with Gasteiger partial charge in [0.15, 0.2) is 13.1 Å². The number of rotatable bonds is 14. The van der Waals surface area contributed by atoms with E-state index in [4.69, 9.17) is 15.2 Å². The Balaban J connectivity index is 1.22. The van der Waals surface area contributed by atoms with Gasteiger partial charge in [-0.25, -0.2) is 4.39 Å². The minimum absolute atomic E-state index is 0.00797. The molecule has 4 N–H and O–H groups in total. The molecule has 2 heterocycles. The lowest BCUT2D eigenvalue weighted by Gasteiger charge is -2.28. The molecule has 0 aromatic heterocycles. The van der Waals surface area contributed by atoms with E-state index in [0.717, 1.165) is 31.4 Å². The summed E-state index contributed by atoms with van der Waals surface area (Å²) in [7, 11) is 0. The Morgan fingerprint density at radius 2 is 1.84 bits per heavy atom. The van der Waals surface area contributed by atoms with Gasteiger partial charge in [-0.1, -0.05) is 24.3 Å². The minimum atomic E-state index is -4.52. The third-order valence-corrected chi connectivity index (χ3v) is 9.44. The first kappa shape index (κ1) is 36.7. The van der Waals surface area contributed by atoms with Crippen LogP contribution in [0.5, 0.6) is 0 Å². The van der Waals surface area contributed by atoms with Crippen molar-refractivity contribution in [3.63, 3.8) is 0 Å². The number of likely N-dealkylation sites (tertiary alicyclic amines) is 1. The number of benzene rings is 2. The van der Waals surface area contributed by atoms with Crippen molar-refractivity contribution in [1.82, 2.24) is 4.90 Å². The third kappa shape index (κ3) is 9.13. The number of hydrogen-bond acceptors (Lipinski definition) is 6. The molecular formula is C36H43F4N4O6+. The van der Waals surface area contributed by atoms with Crippen molar-refractivity contribution >= 4 is 29.6 Å². The minimum Gasteiger partial charge on any atom is -0.466 e. The number of fused-ring (bicyclic) bond motifs is 1. The fourth-order valence-corrected chi connectivity index (χ4v) is 6.64. The number of primary amides is 1. The Labute approximate surface area is 287 Å². The molecule has 3 aliphatic rings. The number of nitrogens with two attached hydrogens (primary N) is 1. The van der Waals surface area contributed by atoms with Crippen LogP contribution in [0.2, 0.25) is 0 Å². The van der Waals surface area contributed by atoms with Gasteiger partial charge in [-0.3, -0.25) is 14.4 Å². The van der Waals surface area contributed by atoms with Crippen LogP contribution in [-0.2, 0) is 43.1 Å². The Hall–Kier alpha value is -4.62. The van der Waals surface area contributed by atoms with Gasteiger partial charge in [0, 0.05) is 17.7 Å². The predicted octanol–water partition coefficient (Wildman–Crippen LogP) is 5.44. The number of aliphatic hydroxyl groups is 1. The predicted molar refractivity (Wildman–Crippen MR) is 175 cm³/mol. The highest BCUT2D eigenvalue weighted by atomic mass is 19.4. The van der Waals surface area contributed by atoms with Gasteiger partial charge in [-0.05, 0) is 81.7 Å². The number of carbonyl (C=O) groups is 3. The summed E-state index contributed by atoms with van der Waals surface area (Å²) < 4.78 is 66.0. The zero-order valence-electron chi connectivity index (χ0n) is 27.8. The van der Waals surface area contributed by atoms with E-state index in [2.05, 4.69) is 5.32 Å². The Morgan fingerprint density at radius 3 is 2.52 bits per heavy atom. The number of esters is 1. The summed E-state index contributed by atoms with van der Waals surface area (Å²) in [6.07, 6.45) is 2.22. The summed E-state index contributed by atoms with van der Waals surface area (Å²) in [5, 5.41) is 13.8. The van der Waals surface area contributed by atoms with Crippen LogP contribution in [0.3, 0.4) is 0 Å². The van der Waals surface area contributed by atoms with Crippen LogP contribution in [0.1, 0.15) is 68.6 Å². The van der Waals surface area contributed by atoms with E-state index in [1.54, 1.807) is 19.1 Å². The molecule has 2 aromatic rings. The second-order valence-electron chi connectivity index (χ2n) is 13.0. The Morgan fingerprint density at radius 1 is 1.10 bits per heavy atom. The average Bonchev–Trinajstić information content (AvgIpc) is 3.49. The van der Waals surface area contributed by atoms with Gasteiger partial charge >= 0.3 is 18.2 Å². The number of amides is 2. The Kier molecular flexibility index (Phi) is 11.7. The number of carbonyl (C=O) groups excluding carboxylic acids is 3. The molecule has 14 heteroatoms. The molecule has 1 unspecified atom stereocenters. The van der Waals surface area contributed by atoms with E-state index in [9.17, 15) is 37.1 Å². The highest BCUT2D eigenvalue weighted by Gasteiger charge is 2.44. The number of alkyl halides is 3. The summed E-state index contributed by atoms with van der Waals surface area (Å²) in [5.41, 5.74) is 6.30. The molecular weight excluding hydrogens is 660 g/mol. The molecule has 2 aromatic carbocycles. The zero-order valence-corrected chi connectivity index (χ0v) is 27.8. The molecule has 270 valence electrons. The van der Waals surface area contributed by atoms with Crippen molar-refractivity contribution in [2.45, 2.75) is 89.3 Å². The lowest BCUT2D eigenvalue weighted by atomic mass is 10.1. The number of anilines is 1. The van der Waals surface area contributed by atoms with Crippen molar-refractivity contribution in [1.29, 1.82) is 0 Å². The van der Waals surface area contributed by atoms with E-state index in [0.29, 0.717) is 48.6 Å². The number of halogens is 4. The van der Waals surface area contributed by atoms with Gasteiger partial charge < -0.3 is 30.5 Å². The smallest absolute Gasteiger partial charge is 0.466 e. The third-order valence-electron chi connectivity index (χ3n) is 9.44. The summed E-state index contributed by atoms with van der Waals surface area (Å²) in [6.45, 7) is 2.38. The summed E-state index contributed by atoms with van der Waals surface area (Å²) >= 11 is 0. The van der Waals surface area contributed by atoms with Crippen molar-refractivity contribution in [2.24, 2.45) is 17.6 Å². The van der Waals surface area contributed by atoms with Crippen molar-refractivity contribution in [3.05, 3.63) is 77.1 Å². The monoisotopic (exact) mass is 703 g/mol. The maximum atomic E-state index is 14.2. The van der Waals surface area contributed by atoms with Gasteiger partial charge in [-0.15, -0.1) is 0 Å². The Bertz CT molecular complexity index is 1610. The topological polar surface area (TPSA) is 134 Å². The van der Waals surface area contributed by atoms with Gasteiger partial charge in [-0.2, -0.15) is 17.7 Å². The summed E-state index contributed by atoms with van der Waals surface area (Å²) in [4.78, 5) is 39.6. The van der Waals surface area contributed by atoms with Crippen molar-refractivity contribution < 1.29 is 51.1 Å². The number of nitrogens with one attached hydrogen (secondary N) is 1. The normalized spacial score (nSPS) is 23.0. The van der Waals surface area contributed by atoms with Gasteiger partial charge in [0.25, 0.3) is 0 Å². The average molecular weight is 704 g/mol. The first-order valence-corrected chi connectivity index (χ1v) is 16.9. The fraction of sp³-hybridized carbons (Fsp3) is 0.500. The largest absolute Gasteiger partial charge is 0.547 e. The quantitative estimate of drug-likeness (QED) is 0.0596. The van der Waals surface area contributed by atoms with Crippen LogP contribution in [0.25, 0.3) is 0 Å². The maximum Gasteiger partial charge on any atom is 0.547 e. The molecule has 1 aliphatic carbocycles. The highest BCUT2D eigenvalue weighted by molar-refractivity contribution is 5.91. The summed E-state index contributed by atoms with van der Waals surface area (Å²) in [6, 6.07) is 7.04. The second kappa shape index (κ2) is 15.9. The molecule has 5 rings (SSSR count). The lowest BCUT2D eigenvalue weighted by molar-refractivity contribution is -0.566.